The van der Waals surface area contributed by atoms with Gasteiger partial charge in [-0.15, -0.1) is 0 Å². The van der Waals surface area contributed by atoms with E-state index in [1.807, 2.05) is 0 Å². The van der Waals surface area contributed by atoms with Gasteiger partial charge in [0, 0.05) is 6.04 Å². The van der Waals surface area contributed by atoms with Crippen LogP contribution in [0, 0.1) is 11.8 Å². The second-order valence-electron chi connectivity index (χ2n) is 7.47. The van der Waals surface area contributed by atoms with Crippen molar-refractivity contribution in [3.8, 4) is 11.5 Å². The van der Waals surface area contributed by atoms with E-state index in [-0.39, 0.29) is 36.8 Å². The molecule has 1 saturated carbocycles. The molecule has 0 radical (unpaired) electrons. The lowest BCUT2D eigenvalue weighted by Gasteiger charge is -2.27. The van der Waals surface area contributed by atoms with Crippen LogP contribution in [0.5, 0.6) is 11.5 Å². The predicted molar refractivity (Wildman–Crippen MR) is 104 cm³/mol. The molecular weight excluding hydrogens is 376 g/mol. The van der Waals surface area contributed by atoms with Gasteiger partial charge in [0.1, 0.15) is 0 Å². The summed E-state index contributed by atoms with van der Waals surface area (Å²) in [5, 5.41) is 0. The van der Waals surface area contributed by atoms with E-state index in [1.54, 1.807) is 25.1 Å². The molecule has 29 heavy (non-hydrogen) atoms. The number of rotatable bonds is 7. The predicted octanol–water partition coefficient (Wildman–Crippen LogP) is 1.81. The second kappa shape index (κ2) is 8.82. The van der Waals surface area contributed by atoms with E-state index in [0.29, 0.717) is 36.3 Å². The topological polar surface area (TPSA) is 108 Å². The SMILES string of the molecule is CCOC(=O)CC(c1ccc(OC)c(OC)c1)N1C(=O)[C@H]2CC(N)CC[C@H]2C1=O. The average Bonchev–Trinajstić information content (AvgIpc) is 2.95. The monoisotopic (exact) mass is 404 g/mol. The molecule has 3 rings (SSSR count). The van der Waals surface area contributed by atoms with Crippen molar-refractivity contribution >= 4 is 17.8 Å². The molecule has 2 aliphatic rings. The number of fused-ring (bicyclic) bond motifs is 1. The number of ether oxygens (including phenoxy) is 3. The number of nitrogens with zero attached hydrogens (tertiary/aromatic N) is 1. The molecule has 8 heteroatoms. The summed E-state index contributed by atoms with van der Waals surface area (Å²) in [6.07, 6.45) is 1.67. The number of esters is 1. The number of nitrogens with two attached hydrogens (primary N) is 1. The van der Waals surface area contributed by atoms with Crippen LogP contribution >= 0.6 is 0 Å². The van der Waals surface area contributed by atoms with Crippen LogP contribution in [-0.2, 0) is 19.1 Å². The fourth-order valence-corrected chi connectivity index (χ4v) is 4.34. The molecule has 2 fully saturated rings. The highest BCUT2D eigenvalue weighted by atomic mass is 16.5. The van der Waals surface area contributed by atoms with Crippen LogP contribution < -0.4 is 15.2 Å². The quantitative estimate of drug-likeness (QED) is 0.545. The molecule has 2 unspecified atom stereocenters. The number of hydrogen-bond donors (Lipinski definition) is 1. The molecule has 1 aromatic rings. The highest BCUT2D eigenvalue weighted by Gasteiger charge is 2.52. The summed E-state index contributed by atoms with van der Waals surface area (Å²) in [7, 11) is 3.03. The zero-order chi connectivity index (χ0) is 21.1. The smallest absolute Gasteiger partial charge is 0.308 e. The van der Waals surface area contributed by atoms with Gasteiger partial charge in [0.25, 0.3) is 0 Å². The number of carbonyl (C=O) groups excluding carboxylic acids is 3. The van der Waals surface area contributed by atoms with E-state index in [1.165, 1.54) is 19.1 Å². The summed E-state index contributed by atoms with van der Waals surface area (Å²) in [4.78, 5) is 39.8. The first-order valence-corrected chi connectivity index (χ1v) is 9.91. The molecule has 0 aromatic heterocycles. The number of amides is 2. The van der Waals surface area contributed by atoms with E-state index in [9.17, 15) is 14.4 Å². The Morgan fingerprint density at radius 2 is 1.83 bits per heavy atom. The van der Waals surface area contributed by atoms with E-state index in [0.717, 1.165) is 0 Å². The third kappa shape index (κ3) is 4.07. The first kappa shape index (κ1) is 21.1. The van der Waals surface area contributed by atoms with Crippen molar-refractivity contribution in [1.29, 1.82) is 0 Å². The maximum Gasteiger partial charge on any atom is 0.308 e. The van der Waals surface area contributed by atoms with Gasteiger partial charge in [-0.1, -0.05) is 6.07 Å². The van der Waals surface area contributed by atoms with Crippen LogP contribution in [-0.4, -0.2) is 49.6 Å². The Morgan fingerprint density at radius 1 is 1.14 bits per heavy atom. The lowest BCUT2D eigenvalue weighted by molar-refractivity contribution is -0.148. The van der Waals surface area contributed by atoms with Crippen molar-refractivity contribution in [3.05, 3.63) is 23.8 Å². The van der Waals surface area contributed by atoms with Crippen molar-refractivity contribution < 1.29 is 28.6 Å². The summed E-state index contributed by atoms with van der Waals surface area (Å²) in [6.45, 7) is 1.94. The Balaban J connectivity index is 1.98. The van der Waals surface area contributed by atoms with Crippen LogP contribution in [0.25, 0.3) is 0 Å². The highest BCUT2D eigenvalue weighted by molar-refractivity contribution is 6.06. The molecule has 1 saturated heterocycles. The van der Waals surface area contributed by atoms with Crippen LogP contribution in [0.3, 0.4) is 0 Å². The third-order valence-corrected chi connectivity index (χ3v) is 5.77. The minimum atomic E-state index is -0.768. The van der Waals surface area contributed by atoms with E-state index < -0.39 is 17.9 Å². The number of benzene rings is 1. The van der Waals surface area contributed by atoms with Gasteiger partial charge in [-0.25, -0.2) is 0 Å². The van der Waals surface area contributed by atoms with Crippen LogP contribution in [0.1, 0.15) is 44.2 Å². The van der Waals surface area contributed by atoms with Crippen LogP contribution in [0.15, 0.2) is 18.2 Å². The number of hydrogen-bond acceptors (Lipinski definition) is 7. The first-order chi connectivity index (χ1) is 13.9. The molecule has 2 N–H and O–H groups in total. The van der Waals surface area contributed by atoms with Crippen molar-refractivity contribution in [1.82, 2.24) is 4.90 Å². The Labute approximate surface area is 170 Å². The zero-order valence-corrected chi connectivity index (χ0v) is 17.1. The van der Waals surface area contributed by atoms with Gasteiger partial charge in [-0.3, -0.25) is 19.3 Å². The molecule has 158 valence electrons. The summed E-state index contributed by atoms with van der Waals surface area (Å²) in [5.41, 5.74) is 6.65. The van der Waals surface area contributed by atoms with Crippen molar-refractivity contribution in [2.45, 2.75) is 44.7 Å². The Kier molecular flexibility index (Phi) is 6.42. The molecule has 1 heterocycles. The minimum Gasteiger partial charge on any atom is -0.493 e. The molecule has 0 spiro atoms. The lowest BCUT2D eigenvalue weighted by Crippen LogP contribution is -2.37. The molecule has 4 atom stereocenters. The molecule has 0 bridgehead atoms. The van der Waals surface area contributed by atoms with E-state index >= 15 is 0 Å². The molecule has 1 aromatic carbocycles. The minimum absolute atomic E-state index is 0.0856. The molecule has 1 aliphatic heterocycles. The third-order valence-electron chi connectivity index (χ3n) is 5.77. The average molecular weight is 404 g/mol. The molecule has 8 nitrogen and oxygen atoms in total. The Hall–Kier alpha value is -2.61. The summed E-state index contributed by atoms with van der Waals surface area (Å²) >= 11 is 0. The van der Waals surface area contributed by atoms with E-state index in [4.69, 9.17) is 19.9 Å². The fraction of sp³-hybridized carbons (Fsp3) is 0.571. The van der Waals surface area contributed by atoms with Crippen LogP contribution in [0.2, 0.25) is 0 Å². The van der Waals surface area contributed by atoms with Gasteiger partial charge >= 0.3 is 5.97 Å². The summed E-state index contributed by atoms with van der Waals surface area (Å²) in [5.74, 6) is -0.792. The second-order valence-corrected chi connectivity index (χ2v) is 7.47. The van der Waals surface area contributed by atoms with Gasteiger partial charge < -0.3 is 19.9 Å². The van der Waals surface area contributed by atoms with Crippen molar-refractivity contribution in [2.24, 2.45) is 17.6 Å². The largest absolute Gasteiger partial charge is 0.493 e. The zero-order valence-electron chi connectivity index (χ0n) is 17.1. The van der Waals surface area contributed by atoms with Gasteiger partial charge in [0.15, 0.2) is 11.5 Å². The van der Waals surface area contributed by atoms with Gasteiger partial charge in [0.05, 0.1) is 45.1 Å². The maximum absolute atomic E-state index is 13.2. The van der Waals surface area contributed by atoms with Gasteiger partial charge in [0.2, 0.25) is 11.8 Å². The Morgan fingerprint density at radius 3 is 2.48 bits per heavy atom. The highest BCUT2D eigenvalue weighted by Crippen LogP contribution is 2.43. The summed E-state index contributed by atoms with van der Waals surface area (Å²) in [6, 6.07) is 4.27. The number of carbonyl (C=O) groups is 3. The van der Waals surface area contributed by atoms with Gasteiger partial charge in [-0.2, -0.15) is 0 Å². The maximum atomic E-state index is 13.2. The number of methoxy groups -OCH3 is 2. The van der Waals surface area contributed by atoms with Crippen molar-refractivity contribution in [2.75, 3.05) is 20.8 Å². The number of likely N-dealkylation sites (tertiary alicyclic amines) is 1. The van der Waals surface area contributed by atoms with E-state index in [2.05, 4.69) is 0 Å². The molecule has 1 aliphatic carbocycles. The van der Waals surface area contributed by atoms with Gasteiger partial charge in [-0.05, 0) is 43.9 Å². The molecular formula is C21H28N2O6. The normalized spacial score (nSPS) is 24.8. The van der Waals surface area contributed by atoms with Crippen molar-refractivity contribution in [3.63, 3.8) is 0 Å². The lowest BCUT2D eigenvalue weighted by atomic mass is 9.79. The number of imide groups is 1. The standard InChI is InChI=1S/C21H28N2O6/c1-4-29-19(24)11-16(12-5-8-17(27-2)18(9-12)28-3)23-20(25)14-7-6-13(22)10-15(14)21(23)26/h5,8-9,13-16H,4,6-7,10-11,22H2,1-3H3/t13?,14-,15+,16?/m1/s1. The molecule has 2 amide bonds. The fourth-order valence-electron chi connectivity index (χ4n) is 4.34. The summed E-state index contributed by atoms with van der Waals surface area (Å²) < 4.78 is 15.7. The Bertz CT molecular complexity index is 795. The first-order valence-electron chi connectivity index (χ1n) is 9.91. The van der Waals surface area contributed by atoms with Crippen LogP contribution in [0.4, 0.5) is 0 Å².